The van der Waals surface area contributed by atoms with Gasteiger partial charge in [0.05, 0.1) is 31.7 Å². The second-order valence-electron chi connectivity index (χ2n) is 14.9. The smallest absolute Gasteiger partial charge is 0.410 e. The number of benzene rings is 1. The molecule has 288 valence electrons. The van der Waals surface area contributed by atoms with Crippen LogP contribution in [0.15, 0.2) is 42.9 Å². The maximum atomic E-state index is 14.4. The topological polar surface area (TPSA) is 157 Å². The molecule has 0 spiro atoms. The van der Waals surface area contributed by atoms with E-state index in [9.17, 15) is 24.3 Å². The number of imidazole rings is 1. The Labute approximate surface area is 308 Å². The average molecular weight is 725 g/mol. The van der Waals surface area contributed by atoms with Crippen LogP contribution in [0.3, 0.4) is 0 Å². The predicted octanol–water partition coefficient (Wildman–Crippen LogP) is 3.96. The van der Waals surface area contributed by atoms with Crippen molar-refractivity contribution < 1.29 is 33.8 Å². The fourth-order valence-corrected chi connectivity index (χ4v) is 7.01. The highest BCUT2D eigenvalue weighted by Gasteiger charge is 2.36. The first-order chi connectivity index (χ1) is 25.0. The van der Waals surface area contributed by atoms with E-state index in [0.29, 0.717) is 56.7 Å². The van der Waals surface area contributed by atoms with Crippen molar-refractivity contribution in [3.8, 4) is 0 Å². The summed E-state index contributed by atoms with van der Waals surface area (Å²) in [5, 5.41) is 14.5. The zero-order valence-corrected chi connectivity index (χ0v) is 31.5. The molecule has 2 aromatic rings. The van der Waals surface area contributed by atoms with Crippen LogP contribution in [0.25, 0.3) is 0 Å². The molecule has 1 aromatic carbocycles. The molecule has 1 aliphatic carbocycles. The molecule has 2 fully saturated rings. The molecular weight excluding hydrogens is 664 g/mol. The van der Waals surface area contributed by atoms with E-state index < -0.39 is 42.2 Å². The van der Waals surface area contributed by atoms with Crippen LogP contribution in [0.5, 0.6) is 0 Å². The lowest BCUT2D eigenvalue weighted by Gasteiger charge is -2.34. The number of rotatable bonds is 18. The number of amides is 4. The normalized spacial score (nSPS) is 17.5. The minimum absolute atomic E-state index is 0.0802. The number of hydrogen-bond acceptors (Lipinski definition) is 8. The molecule has 0 bridgehead atoms. The first-order valence-corrected chi connectivity index (χ1v) is 19.0. The van der Waals surface area contributed by atoms with Gasteiger partial charge < -0.3 is 39.6 Å². The van der Waals surface area contributed by atoms with Gasteiger partial charge in [-0.05, 0) is 36.7 Å². The van der Waals surface area contributed by atoms with Gasteiger partial charge in [-0.25, -0.2) is 9.78 Å². The fraction of sp³-hybridized carbons (Fsp3) is 0.667. The molecular formula is C39H60N6O7. The second-order valence-corrected chi connectivity index (χ2v) is 14.9. The molecule has 2 heterocycles. The van der Waals surface area contributed by atoms with Gasteiger partial charge in [0.1, 0.15) is 6.04 Å². The number of carbonyl (C=O) groups excluding carboxylic acids is 4. The second kappa shape index (κ2) is 20.9. The van der Waals surface area contributed by atoms with Crippen LogP contribution < -0.4 is 5.32 Å². The Morgan fingerprint density at radius 3 is 2.40 bits per heavy atom. The number of aromatic nitrogens is 2. The minimum atomic E-state index is -1.25. The number of H-pyrrole nitrogens is 1. The van der Waals surface area contributed by atoms with Gasteiger partial charge in [-0.15, -0.1) is 0 Å². The summed E-state index contributed by atoms with van der Waals surface area (Å²) in [7, 11) is 3.08. The molecule has 2 aliphatic rings. The fourth-order valence-electron chi connectivity index (χ4n) is 7.01. The minimum Gasteiger partial charge on any atom is -0.436 e. The third-order valence-electron chi connectivity index (χ3n) is 10.3. The Balaban J connectivity index is 1.51. The van der Waals surface area contributed by atoms with Crippen LogP contribution in [0, 0.1) is 11.8 Å². The van der Waals surface area contributed by atoms with E-state index in [0.717, 1.165) is 37.7 Å². The molecule has 0 unspecified atom stereocenters. The number of morpholine rings is 1. The van der Waals surface area contributed by atoms with E-state index >= 15 is 0 Å². The molecule has 3 N–H and O–H groups in total. The van der Waals surface area contributed by atoms with Crippen LogP contribution in [-0.2, 0) is 36.7 Å². The SMILES string of the molecule is CC(C)CC[C@H](O)[C@H](CC1CCCCC1)NC(=O)[C@H](Cc1cnc[nH]1)N(C)C(=O)[C@H](Cc1ccccc1)OC(=O)N(C)CCC(=O)N1CCOCC1. The highest BCUT2D eigenvalue weighted by atomic mass is 16.6. The largest absolute Gasteiger partial charge is 0.436 e. The lowest BCUT2D eigenvalue weighted by Crippen LogP contribution is -2.56. The van der Waals surface area contributed by atoms with Crippen molar-refractivity contribution in [2.24, 2.45) is 11.8 Å². The average Bonchev–Trinajstić information content (AvgIpc) is 3.68. The molecule has 1 saturated carbocycles. The lowest BCUT2D eigenvalue weighted by atomic mass is 9.83. The summed E-state index contributed by atoms with van der Waals surface area (Å²) in [6, 6.07) is 7.80. The summed E-state index contributed by atoms with van der Waals surface area (Å²) in [5.74, 6) is -0.194. The first kappa shape index (κ1) is 40.8. The van der Waals surface area contributed by atoms with E-state index in [1.165, 1.54) is 29.6 Å². The van der Waals surface area contributed by atoms with Gasteiger partial charge >= 0.3 is 6.09 Å². The Kier molecular flexibility index (Phi) is 16.4. The Morgan fingerprint density at radius 1 is 1.04 bits per heavy atom. The van der Waals surface area contributed by atoms with Gasteiger partial charge in [0.25, 0.3) is 5.91 Å². The van der Waals surface area contributed by atoms with Crippen molar-refractivity contribution in [3.63, 3.8) is 0 Å². The number of hydrogen-bond donors (Lipinski definition) is 3. The van der Waals surface area contributed by atoms with Crippen molar-refractivity contribution in [1.29, 1.82) is 0 Å². The summed E-state index contributed by atoms with van der Waals surface area (Å²) in [5.41, 5.74) is 1.44. The zero-order chi connectivity index (χ0) is 37.5. The molecule has 1 aromatic heterocycles. The van der Waals surface area contributed by atoms with Gasteiger partial charge in [0, 0.05) is 64.9 Å². The third-order valence-corrected chi connectivity index (χ3v) is 10.3. The van der Waals surface area contributed by atoms with Crippen LogP contribution >= 0.6 is 0 Å². The van der Waals surface area contributed by atoms with Gasteiger partial charge in [-0.2, -0.15) is 0 Å². The summed E-state index contributed by atoms with van der Waals surface area (Å²) in [4.78, 5) is 66.3. The third kappa shape index (κ3) is 12.9. The Morgan fingerprint density at radius 2 is 1.75 bits per heavy atom. The van der Waals surface area contributed by atoms with Crippen LogP contribution in [0.1, 0.15) is 82.9 Å². The molecule has 4 rings (SSSR count). The number of nitrogens with zero attached hydrogens (tertiary/aromatic N) is 4. The highest BCUT2D eigenvalue weighted by Crippen LogP contribution is 2.29. The maximum absolute atomic E-state index is 14.4. The molecule has 13 nitrogen and oxygen atoms in total. The van der Waals surface area contributed by atoms with E-state index in [-0.39, 0.29) is 31.7 Å². The van der Waals surface area contributed by atoms with Crippen molar-refractivity contribution >= 4 is 23.8 Å². The van der Waals surface area contributed by atoms with Crippen molar-refractivity contribution in [2.75, 3.05) is 46.9 Å². The van der Waals surface area contributed by atoms with Gasteiger partial charge in [0.2, 0.25) is 11.8 Å². The van der Waals surface area contributed by atoms with Crippen LogP contribution in [-0.4, -0.2) is 125 Å². The van der Waals surface area contributed by atoms with Crippen LogP contribution in [0.2, 0.25) is 0 Å². The number of aliphatic hydroxyl groups is 1. The molecule has 52 heavy (non-hydrogen) atoms. The number of aromatic amines is 1. The van der Waals surface area contributed by atoms with Crippen molar-refractivity contribution in [1.82, 2.24) is 30.0 Å². The molecule has 13 heteroatoms. The number of likely N-dealkylation sites (N-methyl/N-ethyl adjacent to an activating group) is 1. The number of nitrogens with one attached hydrogen (secondary N) is 2. The first-order valence-electron chi connectivity index (χ1n) is 19.0. The Bertz CT molecular complexity index is 1380. The zero-order valence-electron chi connectivity index (χ0n) is 31.5. The van der Waals surface area contributed by atoms with Gasteiger partial charge in [0.15, 0.2) is 6.10 Å². The Hall–Kier alpha value is -3.97. The number of aliphatic hydroxyl groups excluding tert-OH is 1. The summed E-state index contributed by atoms with van der Waals surface area (Å²) in [6.07, 6.45) is 8.48. The maximum Gasteiger partial charge on any atom is 0.410 e. The lowest BCUT2D eigenvalue weighted by molar-refractivity contribution is -0.146. The van der Waals surface area contributed by atoms with Gasteiger partial charge in [-0.1, -0.05) is 76.3 Å². The molecule has 1 aliphatic heterocycles. The van der Waals surface area contributed by atoms with Gasteiger partial charge in [-0.3, -0.25) is 14.4 Å². The number of ether oxygens (including phenoxy) is 2. The molecule has 4 atom stereocenters. The van der Waals surface area contributed by atoms with Crippen molar-refractivity contribution in [2.45, 2.75) is 109 Å². The van der Waals surface area contributed by atoms with Crippen LogP contribution in [0.4, 0.5) is 4.79 Å². The number of carbonyl (C=O) groups is 4. The molecule has 1 saturated heterocycles. The quantitative estimate of drug-likeness (QED) is 0.209. The van der Waals surface area contributed by atoms with E-state index in [2.05, 4.69) is 29.1 Å². The summed E-state index contributed by atoms with van der Waals surface area (Å²) >= 11 is 0. The molecule has 4 amide bonds. The van der Waals surface area contributed by atoms with E-state index in [4.69, 9.17) is 9.47 Å². The standard InChI is InChI=1S/C39H60N6O7/c1-28(2)15-16-34(46)32(23-29-11-7-5-8-12-29)42-37(48)33(25-31-26-40-27-41-31)44(4)38(49)35(24-30-13-9-6-10-14-30)52-39(50)43(3)18-17-36(47)45-19-21-51-22-20-45/h6,9-10,13-14,26-29,32-35,46H,5,7-8,11-12,15-25H2,1-4H3,(H,40,41)(H,42,48)/t32-,33-,34-,35-/m0/s1. The summed E-state index contributed by atoms with van der Waals surface area (Å²) in [6.45, 7) is 6.34. The van der Waals surface area contributed by atoms with Crippen molar-refractivity contribution in [3.05, 3.63) is 54.1 Å². The summed E-state index contributed by atoms with van der Waals surface area (Å²) < 4.78 is 11.2. The highest BCUT2D eigenvalue weighted by molar-refractivity contribution is 5.90. The van der Waals surface area contributed by atoms with E-state index in [1.54, 1.807) is 18.1 Å². The van der Waals surface area contributed by atoms with E-state index in [1.807, 2.05) is 30.3 Å². The monoisotopic (exact) mass is 724 g/mol. The predicted molar refractivity (Wildman–Crippen MR) is 197 cm³/mol. The molecule has 0 radical (unpaired) electrons.